The lowest BCUT2D eigenvalue weighted by atomic mass is 9.93. The molecule has 2 aromatic rings. The number of nitrogens with zero attached hydrogens (tertiary/aromatic N) is 2. The van der Waals surface area contributed by atoms with Crippen molar-refractivity contribution >= 4 is 41.4 Å². The monoisotopic (exact) mass is 672 g/mol. The van der Waals surface area contributed by atoms with Gasteiger partial charge in [-0.05, 0) is 61.5 Å². The molecule has 0 unspecified atom stereocenters. The Morgan fingerprint density at radius 3 is 1.76 bits per heavy atom. The number of halogens is 4. The van der Waals surface area contributed by atoms with Gasteiger partial charge in [0.25, 0.3) is 0 Å². The second kappa shape index (κ2) is 17.7. The molecule has 0 aliphatic carbocycles. The summed E-state index contributed by atoms with van der Waals surface area (Å²) in [4.78, 5) is 38.9. The number of carbonyl (C=O) groups is 3. The quantitative estimate of drug-likeness (QED) is 0.320. The highest BCUT2D eigenvalue weighted by Crippen LogP contribution is 2.31. The molecule has 0 spiro atoms. The van der Waals surface area contributed by atoms with Crippen molar-refractivity contribution in [2.75, 3.05) is 50.2 Å². The number of carbonyl (C=O) groups excluding carboxylic acids is 2. The molecule has 4 N–H and O–H groups in total. The van der Waals surface area contributed by atoms with E-state index in [0.29, 0.717) is 50.2 Å². The smallest absolute Gasteiger partial charge is 0.405 e. The summed E-state index contributed by atoms with van der Waals surface area (Å²) in [7, 11) is 0. The highest BCUT2D eigenvalue weighted by molar-refractivity contribution is 7.98. The molecular weight excluding hydrogens is 632 g/mol. The number of benzene rings is 2. The molecule has 4 atom stereocenters. The first kappa shape index (κ1) is 36.5. The molecule has 0 bridgehead atoms. The molecule has 2 fully saturated rings. The van der Waals surface area contributed by atoms with Crippen LogP contribution in [0.5, 0.6) is 0 Å². The van der Waals surface area contributed by atoms with Gasteiger partial charge in [0.05, 0.1) is 6.04 Å². The summed E-state index contributed by atoms with van der Waals surface area (Å²) in [5, 5.41) is 11.1. The van der Waals surface area contributed by atoms with Gasteiger partial charge in [-0.25, -0.2) is 22.4 Å². The van der Waals surface area contributed by atoms with E-state index in [1.807, 2.05) is 12.5 Å². The SMILES string of the molecule is CSCCN1C[C@H](c2cccc(F)c2F)CC[C@@H](N)C1=O.CSCCN1C[C@H](c2cccc(F)c2F)CC[C@@H](NC(=O)O)C1=O. The van der Waals surface area contributed by atoms with Crippen LogP contribution in [-0.2, 0) is 9.59 Å². The predicted octanol–water partition coefficient (Wildman–Crippen LogP) is 5.03. The van der Waals surface area contributed by atoms with E-state index in [4.69, 9.17) is 10.8 Å². The lowest BCUT2D eigenvalue weighted by Crippen LogP contribution is -2.47. The molecule has 45 heavy (non-hydrogen) atoms. The molecule has 2 heterocycles. The fourth-order valence-corrected chi connectivity index (χ4v) is 6.42. The fraction of sp³-hybridized carbons (Fsp3) is 0.516. The van der Waals surface area contributed by atoms with Gasteiger partial charge in [-0.1, -0.05) is 24.3 Å². The first-order valence-corrected chi connectivity index (χ1v) is 17.4. The van der Waals surface area contributed by atoms with Gasteiger partial charge in [0, 0.05) is 49.5 Å². The standard InChI is InChI=1S/C16H20F2N2O3S.C15H20F2N2OS/c1-24-8-7-20-9-10(11-3-2-4-12(17)14(11)18)5-6-13(15(20)21)19-16(22)23;1-21-8-7-19-9-10(5-6-13(18)15(19)20)11-3-2-4-12(16)14(11)17/h2-4,10,13,19H,5-9H2,1H3,(H,22,23);2-4,10,13H,5-9,18H2,1H3/t2*10-,13-/m11/s1. The highest BCUT2D eigenvalue weighted by Gasteiger charge is 2.34. The number of amides is 3. The van der Waals surface area contributed by atoms with Crippen molar-refractivity contribution in [1.29, 1.82) is 0 Å². The summed E-state index contributed by atoms with van der Waals surface area (Å²) in [5.41, 5.74) is 6.45. The Kier molecular flexibility index (Phi) is 14.3. The minimum atomic E-state index is -1.27. The summed E-state index contributed by atoms with van der Waals surface area (Å²) in [6.07, 6.45) is 4.32. The van der Waals surface area contributed by atoms with Crippen molar-refractivity contribution in [3.8, 4) is 0 Å². The first-order valence-electron chi connectivity index (χ1n) is 14.7. The van der Waals surface area contributed by atoms with Gasteiger partial charge in [-0.15, -0.1) is 0 Å². The topological polar surface area (TPSA) is 116 Å². The van der Waals surface area contributed by atoms with Crippen LogP contribution in [0.4, 0.5) is 22.4 Å². The van der Waals surface area contributed by atoms with Crippen molar-refractivity contribution in [1.82, 2.24) is 15.1 Å². The Balaban J connectivity index is 0.000000248. The summed E-state index contributed by atoms with van der Waals surface area (Å²) in [5.74, 6) is -2.97. The maximum atomic E-state index is 14.1. The second-order valence-electron chi connectivity index (χ2n) is 11.0. The Bertz CT molecular complexity index is 1320. The molecule has 0 aromatic heterocycles. The molecule has 2 aliphatic rings. The minimum absolute atomic E-state index is 0.0941. The van der Waals surface area contributed by atoms with Crippen LogP contribution in [-0.4, -0.2) is 95.1 Å². The number of rotatable bonds is 9. The normalized spacial score (nSPS) is 22.3. The Labute approximate surface area is 269 Å². The van der Waals surface area contributed by atoms with Crippen molar-refractivity contribution in [2.45, 2.75) is 49.6 Å². The van der Waals surface area contributed by atoms with E-state index in [1.165, 1.54) is 18.2 Å². The molecule has 2 aliphatic heterocycles. The minimum Gasteiger partial charge on any atom is -0.465 e. The molecule has 14 heteroatoms. The number of hydrogen-bond acceptors (Lipinski definition) is 6. The zero-order valence-electron chi connectivity index (χ0n) is 25.3. The Morgan fingerprint density at radius 2 is 1.29 bits per heavy atom. The number of hydrogen-bond donors (Lipinski definition) is 3. The molecule has 248 valence electrons. The molecule has 0 saturated carbocycles. The molecular formula is C31H40F4N4O4S2. The van der Waals surface area contributed by atoms with Gasteiger partial charge >= 0.3 is 6.09 Å². The van der Waals surface area contributed by atoms with Gasteiger partial charge < -0.3 is 26.0 Å². The largest absolute Gasteiger partial charge is 0.465 e. The van der Waals surface area contributed by atoms with E-state index in [1.54, 1.807) is 39.4 Å². The van der Waals surface area contributed by atoms with E-state index >= 15 is 0 Å². The summed E-state index contributed by atoms with van der Waals surface area (Å²) >= 11 is 3.20. The zero-order chi connectivity index (χ0) is 33.1. The van der Waals surface area contributed by atoms with E-state index in [0.717, 1.165) is 17.9 Å². The maximum absolute atomic E-state index is 14.1. The van der Waals surface area contributed by atoms with Gasteiger partial charge in [0.2, 0.25) is 11.8 Å². The molecule has 0 radical (unpaired) electrons. The molecule has 2 aromatic carbocycles. The second-order valence-corrected chi connectivity index (χ2v) is 13.0. The van der Waals surface area contributed by atoms with Crippen molar-refractivity contribution < 1.29 is 37.1 Å². The summed E-state index contributed by atoms with van der Waals surface area (Å²) in [6.45, 7) is 1.66. The predicted molar refractivity (Wildman–Crippen MR) is 170 cm³/mol. The van der Waals surface area contributed by atoms with Crippen LogP contribution in [0.15, 0.2) is 36.4 Å². The first-order chi connectivity index (χ1) is 21.5. The number of thioether (sulfide) groups is 2. The Morgan fingerprint density at radius 1 is 0.822 bits per heavy atom. The van der Waals surface area contributed by atoms with Crippen LogP contribution >= 0.6 is 23.5 Å². The Hall–Kier alpha value is -2.97. The van der Waals surface area contributed by atoms with Crippen LogP contribution in [0.25, 0.3) is 0 Å². The zero-order valence-corrected chi connectivity index (χ0v) is 26.9. The summed E-state index contributed by atoms with van der Waals surface area (Å²) in [6, 6.07) is 6.83. The molecule has 4 rings (SSSR count). The average molecular weight is 673 g/mol. The van der Waals surface area contributed by atoms with Crippen molar-refractivity contribution in [2.24, 2.45) is 5.73 Å². The fourth-order valence-electron chi connectivity index (χ4n) is 5.61. The maximum Gasteiger partial charge on any atom is 0.405 e. The van der Waals surface area contributed by atoms with Gasteiger partial charge in [-0.3, -0.25) is 9.59 Å². The average Bonchev–Trinajstić information content (AvgIpc) is 3.25. The van der Waals surface area contributed by atoms with E-state index in [-0.39, 0.29) is 42.2 Å². The number of likely N-dealkylation sites (tertiary alicyclic amines) is 2. The highest BCUT2D eigenvalue weighted by atomic mass is 32.2. The number of nitrogens with one attached hydrogen (secondary N) is 1. The van der Waals surface area contributed by atoms with E-state index in [2.05, 4.69) is 5.32 Å². The van der Waals surface area contributed by atoms with Crippen LogP contribution in [0.3, 0.4) is 0 Å². The number of carboxylic acid groups (broad SMARTS) is 1. The van der Waals surface area contributed by atoms with E-state index in [9.17, 15) is 31.9 Å². The van der Waals surface area contributed by atoms with E-state index < -0.39 is 41.4 Å². The third-order valence-electron chi connectivity index (χ3n) is 8.02. The van der Waals surface area contributed by atoms with Gasteiger partial charge in [0.15, 0.2) is 23.3 Å². The van der Waals surface area contributed by atoms with Crippen molar-refractivity contribution in [3.63, 3.8) is 0 Å². The third-order valence-corrected chi connectivity index (χ3v) is 9.20. The molecule has 3 amide bonds. The van der Waals surface area contributed by atoms with Crippen LogP contribution in [0.1, 0.15) is 48.6 Å². The lowest BCUT2D eigenvalue weighted by molar-refractivity contribution is -0.133. The third kappa shape index (κ3) is 10.0. The lowest BCUT2D eigenvalue weighted by Gasteiger charge is -2.26. The number of nitrogens with two attached hydrogens (primary N) is 1. The molecule has 2 saturated heterocycles. The molecule has 8 nitrogen and oxygen atoms in total. The van der Waals surface area contributed by atoms with Crippen LogP contribution < -0.4 is 11.1 Å². The van der Waals surface area contributed by atoms with Crippen LogP contribution in [0.2, 0.25) is 0 Å². The van der Waals surface area contributed by atoms with Crippen molar-refractivity contribution in [3.05, 3.63) is 70.8 Å². The van der Waals surface area contributed by atoms with Gasteiger partial charge in [0.1, 0.15) is 6.04 Å². The summed E-state index contributed by atoms with van der Waals surface area (Å²) < 4.78 is 55.0. The van der Waals surface area contributed by atoms with Crippen LogP contribution in [0, 0.1) is 23.3 Å². The van der Waals surface area contributed by atoms with Gasteiger partial charge in [-0.2, -0.15) is 23.5 Å².